The fourth-order valence-corrected chi connectivity index (χ4v) is 3.79. The number of aliphatic hydroxyl groups is 1. The first-order valence-corrected chi connectivity index (χ1v) is 11.0. The topological polar surface area (TPSA) is 59.9 Å². The van der Waals surface area contributed by atoms with Gasteiger partial charge in [-0.05, 0) is 43.0 Å². The Balaban J connectivity index is 0.00000363. The van der Waals surface area contributed by atoms with Gasteiger partial charge in [-0.1, -0.05) is 36.4 Å². The van der Waals surface area contributed by atoms with Gasteiger partial charge in [0.1, 0.15) is 0 Å². The molecular formula is C24H33F2IN4O. The van der Waals surface area contributed by atoms with Gasteiger partial charge >= 0.3 is 0 Å². The van der Waals surface area contributed by atoms with Crippen LogP contribution >= 0.6 is 24.0 Å². The molecule has 32 heavy (non-hydrogen) atoms. The van der Waals surface area contributed by atoms with Crippen molar-refractivity contribution in [3.8, 4) is 0 Å². The van der Waals surface area contributed by atoms with Crippen molar-refractivity contribution in [1.82, 2.24) is 15.5 Å². The Morgan fingerprint density at radius 2 is 1.81 bits per heavy atom. The number of guanidine groups is 1. The smallest absolute Gasteiger partial charge is 0.191 e. The SMILES string of the molecule is CCNC(=NCC(O)Cc1ccccc1)NC1CCN(Cc2ccc(F)c(F)c2)CC1.I. The van der Waals surface area contributed by atoms with Gasteiger partial charge in [-0.15, -0.1) is 24.0 Å². The van der Waals surface area contributed by atoms with Crippen molar-refractivity contribution < 1.29 is 13.9 Å². The zero-order valence-corrected chi connectivity index (χ0v) is 20.8. The minimum absolute atomic E-state index is 0. The standard InChI is InChI=1S/C24H32F2N4O.HI/c1-2-27-24(28-16-21(31)14-18-6-4-3-5-7-18)29-20-10-12-30(13-11-20)17-19-8-9-22(25)23(26)15-19;/h3-9,15,20-21,31H,2,10-14,16-17H2,1H3,(H2,27,28,29);1H. The lowest BCUT2D eigenvalue weighted by atomic mass is 10.0. The molecular weight excluding hydrogens is 525 g/mol. The first kappa shape index (κ1) is 26.5. The van der Waals surface area contributed by atoms with Crippen LogP contribution < -0.4 is 10.6 Å². The summed E-state index contributed by atoms with van der Waals surface area (Å²) in [5, 5.41) is 17.0. The Morgan fingerprint density at radius 1 is 1.09 bits per heavy atom. The van der Waals surface area contributed by atoms with Crippen LogP contribution in [0.2, 0.25) is 0 Å². The van der Waals surface area contributed by atoms with E-state index in [9.17, 15) is 13.9 Å². The number of rotatable bonds is 8. The third kappa shape index (κ3) is 8.63. The highest BCUT2D eigenvalue weighted by atomic mass is 127. The molecule has 1 atom stereocenters. The largest absolute Gasteiger partial charge is 0.391 e. The van der Waals surface area contributed by atoms with Crippen molar-refractivity contribution in [2.45, 2.75) is 44.9 Å². The minimum Gasteiger partial charge on any atom is -0.391 e. The first-order chi connectivity index (χ1) is 15.0. The van der Waals surface area contributed by atoms with E-state index < -0.39 is 17.7 Å². The fourth-order valence-electron chi connectivity index (χ4n) is 3.79. The third-order valence-corrected chi connectivity index (χ3v) is 5.44. The van der Waals surface area contributed by atoms with E-state index in [1.807, 2.05) is 37.3 Å². The average Bonchev–Trinajstić information content (AvgIpc) is 2.77. The Bertz CT molecular complexity index is 845. The summed E-state index contributed by atoms with van der Waals surface area (Å²) in [4.78, 5) is 6.81. The number of halogens is 3. The monoisotopic (exact) mass is 558 g/mol. The highest BCUT2D eigenvalue weighted by Crippen LogP contribution is 2.16. The minimum atomic E-state index is -0.809. The molecule has 0 bridgehead atoms. The van der Waals surface area contributed by atoms with E-state index in [2.05, 4.69) is 20.5 Å². The van der Waals surface area contributed by atoms with E-state index in [0.29, 0.717) is 25.5 Å². The number of likely N-dealkylation sites (tertiary alicyclic amines) is 1. The van der Waals surface area contributed by atoms with Crippen molar-refractivity contribution in [3.63, 3.8) is 0 Å². The second-order valence-corrected chi connectivity index (χ2v) is 8.01. The highest BCUT2D eigenvalue weighted by molar-refractivity contribution is 14.0. The maximum atomic E-state index is 13.4. The van der Waals surface area contributed by atoms with Gasteiger partial charge < -0.3 is 15.7 Å². The number of hydrogen-bond donors (Lipinski definition) is 3. The number of aliphatic imine (C=N–C) groups is 1. The molecule has 0 spiro atoms. The first-order valence-electron chi connectivity index (χ1n) is 11.0. The third-order valence-electron chi connectivity index (χ3n) is 5.44. The molecule has 0 aromatic heterocycles. The van der Waals surface area contributed by atoms with Crippen molar-refractivity contribution in [1.29, 1.82) is 0 Å². The van der Waals surface area contributed by atoms with Crippen LogP contribution in [0.25, 0.3) is 0 Å². The van der Waals surface area contributed by atoms with E-state index in [1.54, 1.807) is 6.07 Å². The normalized spacial score (nSPS) is 16.3. The molecule has 2 aromatic rings. The Hall–Kier alpha value is -1.78. The summed E-state index contributed by atoms with van der Waals surface area (Å²) in [6.07, 6.45) is 1.91. The summed E-state index contributed by atoms with van der Waals surface area (Å²) in [6, 6.07) is 14.3. The number of hydrogen-bond acceptors (Lipinski definition) is 3. The summed E-state index contributed by atoms with van der Waals surface area (Å²) >= 11 is 0. The van der Waals surface area contributed by atoms with E-state index in [-0.39, 0.29) is 30.0 Å². The summed E-state index contributed by atoms with van der Waals surface area (Å²) < 4.78 is 26.5. The molecule has 1 saturated heterocycles. The molecule has 1 unspecified atom stereocenters. The van der Waals surface area contributed by atoms with Crippen molar-refractivity contribution in [2.24, 2.45) is 4.99 Å². The molecule has 8 heteroatoms. The number of piperidine rings is 1. The number of aliphatic hydroxyl groups excluding tert-OH is 1. The van der Waals surface area contributed by atoms with Crippen LogP contribution in [0.5, 0.6) is 0 Å². The zero-order chi connectivity index (χ0) is 22.1. The molecule has 0 saturated carbocycles. The van der Waals surface area contributed by atoms with Crippen LogP contribution in [-0.2, 0) is 13.0 Å². The second-order valence-electron chi connectivity index (χ2n) is 8.01. The summed E-state index contributed by atoms with van der Waals surface area (Å²) in [6.45, 7) is 5.44. The molecule has 1 aliphatic rings. The van der Waals surface area contributed by atoms with Crippen LogP contribution in [-0.4, -0.2) is 54.3 Å². The van der Waals surface area contributed by atoms with Gasteiger partial charge in [0.2, 0.25) is 0 Å². The molecule has 1 aliphatic heterocycles. The molecule has 0 amide bonds. The quantitative estimate of drug-likeness (QED) is 0.263. The van der Waals surface area contributed by atoms with Crippen molar-refractivity contribution in [3.05, 3.63) is 71.3 Å². The van der Waals surface area contributed by atoms with Crippen LogP contribution in [0.4, 0.5) is 8.78 Å². The number of nitrogens with zero attached hydrogens (tertiary/aromatic N) is 2. The van der Waals surface area contributed by atoms with Gasteiger partial charge in [0.15, 0.2) is 17.6 Å². The molecule has 5 nitrogen and oxygen atoms in total. The maximum Gasteiger partial charge on any atom is 0.191 e. The molecule has 0 radical (unpaired) electrons. The van der Waals surface area contributed by atoms with Crippen LogP contribution in [0.15, 0.2) is 53.5 Å². The molecule has 1 fully saturated rings. The lowest BCUT2D eigenvalue weighted by Crippen LogP contribution is -2.48. The van der Waals surface area contributed by atoms with Crippen molar-refractivity contribution >= 4 is 29.9 Å². The summed E-state index contributed by atoms with van der Waals surface area (Å²) in [7, 11) is 0. The Kier molecular flexibility index (Phi) is 11.3. The summed E-state index contributed by atoms with van der Waals surface area (Å²) in [5.41, 5.74) is 1.88. The van der Waals surface area contributed by atoms with E-state index >= 15 is 0 Å². The summed E-state index contributed by atoms with van der Waals surface area (Å²) in [5.74, 6) is -0.889. The van der Waals surface area contributed by atoms with Gasteiger partial charge in [0.05, 0.1) is 12.6 Å². The molecule has 3 rings (SSSR count). The molecule has 176 valence electrons. The average molecular weight is 558 g/mol. The molecule has 3 N–H and O–H groups in total. The Morgan fingerprint density at radius 3 is 2.47 bits per heavy atom. The molecule has 1 heterocycles. The van der Waals surface area contributed by atoms with Crippen LogP contribution in [0.1, 0.15) is 30.9 Å². The zero-order valence-electron chi connectivity index (χ0n) is 18.4. The van der Waals surface area contributed by atoms with Crippen molar-refractivity contribution in [2.75, 3.05) is 26.2 Å². The predicted molar refractivity (Wildman–Crippen MR) is 135 cm³/mol. The van der Waals surface area contributed by atoms with Crippen LogP contribution in [0.3, 0.4) is 0 Å². The highest BCUT2D eigenvalue weighted by Gasteiger charge is 2.20. The number of nitrogens with one attached hydrogen (secondary N) is 2. The van der Waals surface area contributed by atoms with Crippen LogP contribution in [0, 0.1) is 11.6 Å². The van der Waals surface area contributed by atoms with E-state index in [4.69, 9.17) is 0 Å². The van der Waals surface area contributed by atoms with E-state index in [0.717, 1.165) is 43.6 Å². The lowest BCUT2D eigenvalue weighted by molar-refractivity contribution is 0.183. The lowest BCUT2D eigenvalue weighted by Gasteiger charge is -2.33. The fraction of sp³-hybridized carbons (Fsp3) is 0.458. The Labute approximate surface area is 206 Å². The molecule has 0 aliphatic carbocycles. The van der Waals surface area contributed by atoms with E-state index in [1.165, 1.54) is 12.1 Å². The van der Waals surface area contributed by atoms with Gasteiger partial charge in [-0.2, -0.15) is 0 Å². The van der Waals surface area contributed by atoms with Gasteiger partial charge in [-0.3, -0.25) is 9.89 Å². The van der Waals surface area contributed by atoms with Gasteiger partial charge in [0, 0.05) is 38.6 Å². The second kappa shape index (κ2) is 13.7. The number of benzene rings is 2. The maximum absolute atomic E-state index is 13.4. The van der Waals surface area contributed by atoms with Gasteiger partial charge in [-0.25, -0.2) is 8.78 Å². The molecule has 2 aromatic carbocycles. The van der Waals surface area contributed by atoms with Gasteiger partial charge in [0.25, 0.3) is 0 Å². The predicted octanol–water partition coefficient (Wildman–Crippen LogP) is 3.71.